The highest BCUT2D eigenvalue weighted by Crippen LogP contribution is 2.42. The van der Waals surface area contributed by atoms with Gasteiger partial charge in [0.2, 0.25) is 0 Å². The Labute approximate surface area is 326 Å². The first-order valence-electron chi connectivity index (χ1n) is 18.6. The van der Waals surface area contributed by atoms with E-state index in [1.807, 2.05) is 84.1 Å². The molecule has 6 heteroatoms. The van der Waals surface area contributed by atoms with Gasteiger partial charge in [0.05, 0.1) is 16.7 Å². The number of hydrogen-bond donors (Lipinski definition) is 0. The molecule has 262 valence electrons. The molecule has 5 nitrogen and oxygen atoms in total. The highest BCUT2D eigenvalue weighted by atomic mass is 32.1. The van der Waals surface area contributed by atoms with Gasteiger partial charge in [0.25, 0.3) is 0 Å². The van der Waals surface area contributed by atoms with E-state index < -0.39 is 0 Å². The van der Waals surface area contributed by atoms with Crippen molar-refractivity contribution in [2.75, 3.05) is 0 Å². The number of fused-ring (bicyclic) bond motifs is 6. The minimum Gasteiger partial charge on any atom is -0.309 e. The normalized spacial score (nSPS) is 11.6. The number of hydrogen-bond acceptors (Lipinski definition) is 5. The predicted molar refractivity (Wildman–Crippen MR) is 232 cm³/mol. The Morgan fingerprint density at radius 1 is 0.357 bits per heavy atom. The molecule has 11 aromatic rings. The summed E-state index contributed by atoms with van der Waals surface area (Å²) in [5.41, 5.74) is 10.4. The Kier molecular flexibility index (Phi) is 7.60. The monoisotopic (exact) mass is 733 g/mol. The third kappa shape index (κ3) is 5.46. The van der Waals surface area contributed by atoms with Crippen LogP contribution in [-0.4, -0.2) is 24.5 Å². The van der Waals surface area contributed by atoms with Crippen molar-refractivity contribution < 1.29 is 0 Å². The first kappa shape index (κ1) is 32.2. The van der Waals surface area contributed by atoms with Gasteiger partial charge in [-0.25, -0.2) is 19.9 Å². The standard InChI is InChI=1S/C50H31N5S/c1-4-14-32(15-5-1)48-52-49(33-16-6-2-7-17-33)54-50(53-48)42-23-13-22-41(51-42)38-21-12-25-46-47(38)40-31-35(27-29-45(40)56-46)34-26-28-44-39(30-34)37-20-10-11-24-43(37)55(44)36-18-8-3-9-19-36/h1-31H. The van der Waals surface area contributed by atoms with Crippen LogP contribution in [0, 0.1) is 0 Å². The van der Waals surface area contributed by atoms with Crippen LogP contribution in [0.4, 0.5) is 0 Å². The van der Waals surface area contributed by atoms with Crippen molar-refractivity contribution in [1.29, 1.82) is 0 Å². The fourth-order valence-corrected chi connectivity index (χ4v) is 8.97. The molecule has 0 saturated heterocycles. The van der Waals surface area contributed by atoms with Gasteiger partial charge in [-0.2, -0.15) is 0 Å². The van der Waals surface area contributed by atoms with E-state index in [2.05, 4.69) is 120 Å². The number of rotatable bonds is 6. The van der Waals surface area contributed by atoms with Crippen molar-refractivity contribution in [2.45, 2.75) is 0 Å². The van der Waals surface area contributed by atoms with E-state index in [4.69, 9.17) is 19.9 Å². The molecule has 4 aromatic heterocycles. The lowest BCUT2D eigenvalue weighted by atomic mass is 9.98. The van der Waals surface area contributed by atoms with Crippen molar-refractivity contribution in [3.05, 3.63) is 188 Å². The molecule has 0 spiro atoms. The Balaban J connectivity index is 1.04. The van der Waals surface area contributed by atoms with Gasteiger partial charge in [-0.3, -0.25) is 0 Å². The van der Waals surface area contributed by atoms with Crippen molar-refractivity contribution >= 4 is 53.3 Å². The molecule has 0 bridgehead atoms. The molecule has 0 aliphatic carbocycles. The van der Waals surface area contributed by atoms with Crippen LogP contribution in [0.3, 0.4) is 0 Å². The summed E-state index contributed by atoms with van der Waals surface area (Å²) in [5.74, 6) is 1.76. The summed E-state index contributed by atoms with van der Waals surface area (Å²) >= 11 is 1.82. The number of aromatic nitrogens is 5. The van der Waals surface area contributed by atoms with Gasteiger partial charge in [-0.05, 0) is 71.8 Å². The SMILES string of the molecule is c1ccc(-c2nc(-c3ccccc3)nc(-c3cccc(-c4cccc5sc6ccc(-c7ccc8c(c7)c7ccccc7n8-c7ccccc7)cc6c45)n3)n2)cc1. The van der Waals surface area contributed by atoms with Crippen LogP contribution in [0.5, 0.6) is 0 Å². The average Bonchev–Trinajstić information content (AvgIpc) is 3.82. The van der Waals surface area contributed by atoms with Gasteiger partial charge in [-0.15, -0.1) is 11.3 Å². The quantitative estimate of drug-likeness (QED) is 0.171. The molecule has 7 aromatic carbocycles. The van der Waals surface area contributed by atoms with Crippen LogP contribution in [0.25, 0.3) is 104 Å². The smallest absolute Gasteiger partial charge is 0.182 e. The summed E-state index contributed by atoms with van der Waals surface area (Å²) in [7, 11) is 0. The van der Waals surface area contributed by atoms with Gasteiger partial charge in [0.1, 0.15) is 5.69 Å². The van der Waals surface area contributed by atoms with Crippen molar-refractivity contribution in [3.63, 3.8) is 0 Å². The zero-order valence-electron chi connectivity index (χ0n) is 30.0. The predicted octanol–water partition coefficient (Wildman–Crippen LogP) is 13.1. The second-order valence-electron chi connectivity index (χ2n) is 13.9. The van der Waals surface area contributed by atoms with Crippen molar-refractivity contribution in [2.24, 2.45) is 0 Å². The van der Waals surface area contributed by atoms with E-state index in [0.29, 0.717) is 23.2 Å². The van der Waals surface area contributed by atoms with Gasteiger partial charge < -0.3 is 4.57 Å². The summed E-state index contributed by atoms with van der Waals surface area (Å²) in [4.78, 5) is 20.0. The Morgan fingerprint density at radius 2 is 0.946 bits per heavy atom. The van der Waals surface area contributed by atoms with Crippen LogP contribution >= 0.6 is 11.3 Å². The summed E-state index contributed by atoms with van der Waals surface area (Å²) in [6.45, 7) is 0. The maximum atomic E-state index is 5.24. The molecule has 4 heterocycles. The third-order valence-electron chi connectivity index (χ3n) is 10.5. The highest BCUT2D eigenvalue weighted by Gasteiger charge is 2.18. The molecule has 0 amide bonds. The van der Waals surface area contributed by atoms with Gasteiger partial charge in [0, 0.05) is 53.3 Å². The lowest BCUT2D eigenvalue weighted by molar-refractivity contribution is 1.06. The molecule has 0 atom stereocenters. The molecule has 0 N–H and O–H groups in total. The fraction of sp³-hybridized carbons (Fsp3) is 0. The van der Waals surface area contributed by atoms with Gasteiger partial charge >= 0.3 is 0 Å². The maximum Gasteiger partial charge on any atom is 0.182 e. The molecular weight excluding hydrogens is 703 g/mol. The lowest BCUT2D eigenvalue weighted by Gasteiger charge is -2.10. The molecule has 0 aliphatic heterocycles. The Morgan fingerprint density at radius 3 is 1.70 bits per heavy atom. The van der Waals surface area contributed by atoms with E-state index >= 15 is 0 Å². The molecule has 11 rings (SSSR count). The molecule has 0 unspecified atom stereocenters. The van der Waals surface area contributed by atoms with Crippen LogP contribution in [0.2, 0.25) is 0 Å². The Bertz CT molecular complexity index is 3190. The van der Waals surface area contributed by atoms with Crippen LogP contribution in [0.1, 0.15) is 0 Å². The molecule has 56 heavy (non-hydrogen) atoms. The Hall–Kier alpha value is -7.28. The second kappa shape index (κ2) is 13.2. The van der Waals surface area contributed by atoms with Crippen LogP contribution in [0.15, 0.2) is 188 Å². The molecular formula is C50H31N5S. The molecule has 0 fully saturated rings. The summed E-state index contributed by atoms with van der Waals surface area (Å²) < 4.78 is 4.83. The second-order valence-corrected chi connectivity index (χ2v) is 14.9. The first-order chi connectivity index (χ1) is 27.7. The number of thiophene rings is 1. The number of pyridine rings is 1. The van der Waals surface area contributed by atoms with E-state index in [0.717, 1.165) is 28.1 Å². The summed E-state index contributed by atoms with van der Waals surface area (Å²) in [6, 6.07) is 65.7. The zero-order chi connectivity index (χ0) is 37.0. The van der Waals surface area contributed by atoms with Crippen molar-refractivity contribution in [3.8, 4) is 62.4 Å². The number of para-hydroxylation sites is 2. The molecule has 0 radical (unpaired) electrons. The van der Waals surface area contributed by atoms with E-state index in [1.54, 1.807) is 0 Å². The number of benzene rings is 7. The summed E-state index contributed by atoms with van der Waals surface area (Å²) in [5, 5.41) is 4.90. The van der Waals surface area contributed by atoms with Crippen molar-refractivity contribution in [1.82, 2.24) is 24.5 Å². The zero-order valence-corrected chi connectivity index (χ0v) is 30.9. The third-order valence-corrected chi connectivity index (χ3v) is 11.6. The highest BCUT2D eigenvalue weighted by molar-refractivity contribution is 7.26. The molecule has 0 aliphatic rings. The fourth-order valence-electron chi connectivity index (χ4n) is 7.86. The first-order valence-corrected chi connectivity index (χ1v) is 19.5. The maximum absolute atomic E-state index is 5.24. The minimum absolute atomic E-state index is 0.535. The minimum atomic E-state index is 0.535. The molecule has 0 saturated carbocycles. The average molecular weight is 734 g/mol. The largest absolute Gasteiger partial charge is 0.309 e. The van der Waals surface area contributed by atoms with Gasteiger partial charge in [0.15, 0.2) is 17.5 Å². The van der Waals surface area contributed by atoms with E-state index in [9.17, 15) is 0 Å². The number of nitrogens with zero attached hydrogens (tertiary/aromatic N) is 5. The van der Waals surface area contributed by atoms with Crippen LogP contribution < -0.4 is 0 Å². The van der Waals surface area contributed by atoms with E-state index in [-0.39, 0.29) is 0 Å². The van der Waals surface area contributed by atoms with Gasteiger partial charge in [-0.1, -0.05) is 127 Å². The topological polar surface area (TPSA) is 56.5 Å². The lowest BCUT2D eigenvalue weighted by Crippen LogP contribution is -2.01. The van der Waals surface area contributed by atoms with Crippen LogP contribution in [-0.2, 0) is 0 Å². The summed E-state index contributed by atoms with van der Waals surface area (Å²) in [6.07, 6.45) is 0. The van der Waals surface area contributed by atoms with E-state index in [1.165, 1.54) is 53.1 Å².